The number of hydrogen-bond donors (Lipinski definition) is 2. The second-order valence-corrected chi connectivity index (χ2v) is 4.08. The lowest BCUT2D eigenvalue weighted by Gasteiger charge is -2.38. The average Bonchev–Trinajstić information content (AvgIpc) is 2.30. The smallest absolute Gasteiger partial charge is 0.328 e. The van der Waals surface area contributed by atoms with Gasteiger partial charge in [-0.15, -0.1) is 0 Å². The number of aliphatic carboxylic acids is 2. The molecule has 3 saturated heterocycles. The van der Waals surface area contributed by atoms with Gasteiger partial charge in [-0.25, -0.2) is 9.59 Å². The largest absolute Gasteiger partial charge is 0.478 e. The summed E-state index contributed by atoms with van der Waals surface area (Å²) in [6.45, 7) is 4.18. The van der Waals surface area contributed by atoms with E-state index in [1.165, 1.54) is 38.9 Å². The van der Waals surface area contributed by atoms with Gasteiger partial charge in [-0.1, -0.05) is 0 Å². The van der Waals surface area contributed by atoms with Gasteiger partial charge in [0, 0.05) is 12.2 Å². The highest BCUT2D eigenvalue weighted by atomic mass is 16.4. The van der Waals surface area contributed by atoms with E-state index in [0.717, 1.165) is 5.92 Å². The monoisotopic (exact) mass is 227 g/mol. The third-order valence-electron chi connectivity index (χ3n) is 2.93. The van der Waals surface area contributed by atoms with Crippen LogP contribution in [0.15, 0.2) is 12.2 Å². The van der Waals surface area contributed by atoms with E-state index >= 15 is 0 Å². The molecule has 3 aliphatic heterocycles. The van der Waals surface area contributed by atoms with E-state index in [4.69, 9.17) is 10.2 Å². The molecule has 3 fully saturated rings. The number of carbonyl (C=O) groups is 2. The van der Waals surface area contributed by atoms with E-state index in [2.05, 4.69) is 4.90 Å². The van der Waals surface area contributed by atoms with Crippen LogP contribution in [0.5, 0.6) is 0 Å². The molecular weight excluding hydrogens is 210 g/mol. The van der Waals surface area contributed by atoms with Crippen LogP contribution < -0.4 is 0 Å². The fraction of sp³-hybridized carbons (Fsp3) is 0.636. The minimum Gasteiger partial charge on any atom is -0.478 e. The molecule has 3 heterocycles. The summed E-state index contributed by atoms with van der Waals surface area (Å²) in [5, 5.41) is 15.6. The number of rotatable bonds is 2. The maximum absolute atomic E-state index is 9.55. The Hall–Kier alpha value is -1.36. The molecule has 3 aliphatic rings. The quantitative estimate of drug-likeness (QED) is 0.683. The normalized spacial score (nSPS) is 27.2. The Labute approximate surface area is 94.4 Å². The SMILES string of the molecule is C1CN2CCC1CC2.O=C(O)C=CC(=O)O. The first-order chi connectivity index (χ1) is 7.58. The number of carboxylic acid groups (broad SMARTS) is 2. The van der Waals surface area contributed by atoms with E-state index in [1.54, 1.807) is 0 Å². The first-order valence-corrected chi connectivity index (χ1v) is 5.44. The molecule has 3 rings (SSSR count). The molecule has 0 amide bonds. The zero-order valence-electron chi connectivity index (χ0n) is 9.13. The Morgan fingerprint density at radius 3 is 1.44 bits per heavy atom. The molecule has 0 aromatic carbocycles. The maximum Gasteiger partial charge on any atom is 0.328 e. The summed E-state index contributed by atoms with van der Waals surface area (Å²) >= 11 is 0. The molecule has 16 heavy (non-hydrogen) atoms. The van der Waals surface area contributed by atoms with Crippen molar-refractivity contribution in [2.75, 3.05) is 19.6 Å². The zero-order valence-corrected chi connectivity index (χ0v) is 9.13. The second-order valence-electron chi connectivity index (χ2n) is 4.08. The standard InChI is InChI=1S/C7H13N.C4H4O4/c1-4-8-5-2-7(1)3-6-8;5-3(6)1-2-4(7)8/h7H,1-6H2;1-2H,(H,5,6)(H,7,8). The minimum absolute atomic E-state index is 0.558. The first-order valence-electron chi connectivity index (χ1n) is 5.44. The van der Waals surface area contributed by atoms with Crippen LogP contribution in [0, 0.1) is 5.92 Å². The number of nitrogens with zero attached hydrogens (tertiary/aromatic N) is 1. The lowest BCUT2D eigenvalue weighted by Crippen LogP contribution is -2.41. The van der Waals surface area contributed by atoms with Crippen molar-refractivity contribution in [3.05, 3.63) is 12.2 Å². The molecule has 0 aliphatic carbocycles. The van der Waals surface area contributed by atoms with Crippen LogP contribution in [0.3, 0.4) is 0 Å². The molecule has 0 atom stereocenters. The van der Waals surface area contributed by atoms with Gasteiger partial charge in [0.25, 0.3) is 0 Å². The first kappa shape index (κ1) is 12.7. The highest BCUT2D eigenvalue weighted by Gasteiger charge is 2.24. The van der Waals surface area contributed by atoms with Crippen molar-refractivity contribution in [2.45, 2.75) is 19.3 Å². The van der Waals surface area contributed by atoms with Crippen LogP contribution in [0.1, 0.15) is 19.3 Å². The van der Waals surface area contributed by atoms with E-state index in [9.17, 15) is 9.59 Å². The van der Waals surface area contributed by atoms with Gasteiger partial charge in [0.15, 0.2) is 0 Å². The van der Waals surface area contributed by atoms with Gasteiger partial charge in [-0.2, -0.15) is 0 Å². The lowest BCUT2D eigenvalue weighted by atomic mass is 9.89. The van der Waals surface area contributed by atoms with Crippen molar-refractivity contribution < 1.29 is 19.8 Å². The van der Waals surface area contributed by atoms with Crippen LogP contribution in [0.25, 0.3) is 0 Å². The molecular formula is C11H17NO4. The van der Waals surface area contributed by atoms with Crippen molar-refractivity contribution in [1.29, 1.82) is 0 Å². The van der Waals surface area contributed by atoms with Gasteiger partial charge < -0.3 is 15.1 Å². The lowest BCUT2D eigenvalue weighted by molar-refractivity contribution is -0.134. The molecule has 0 unspecified atom stereocenters. The Morgan fingerprint density at radius 1 is 0.938 bits per heavy atom. The summed E-state index contributed by atoms with van der Waals surface area (Å²) in [6.07, 6.45) is 5.57. The Kier molecular flexibility index (Phi) is 4.98. The van der Waals surface area contributed by atoms with Gasteiger partial charge in [0.05, 0.1) is 0 Å². The number of fused-ring (bicyclic) bond motifs is 3. The molecule has 0 radical (unpaired) electrons. The van der Waals surface area contributed by atoms with Crippen LogP contribution in [0.2, 0.25) is 0 Å². The third-order valence-corrected chi connectivity index (χ3v) is 2.93. The molecule has 0 spiro atoms. The van der Waals surface area contributed by atoms with Crippen molar-refractivity contribution in [2.24, 2.45) is 5.92 Å². The van der Waals surface area contributed by atoms with Crippen LogP contribution in [0.4, 0.5) is 0 Å². The molecule has 0 aromatic rings. The summed E-state index contributed by atoms with van der Waals surface area (Å²) in [4.78, 5) is 21.7. The molecule has 0 saturated carbocycles. The van der Waals surface area contributed by atoms with E-state index in [0.29, 0.717) is 12.2 Å². The zero-order chi connectivity index (χ0) is 12.0. The van der Waals surface area contributed by atoms with Crippen LogP contribution in [-0.2, 0) is 9.59 Å². The summed E-state index contributed by atoms with van der Waals surface area (Å²) in [5.41, 5.74) is 0. The number of piperidine rings is 3. The molecule has 2 bridgehead atoms. The summed E-state index contributed by atoms with van der Waals surface area (Å²) in [6, 6.07) is 0. The Balaban J connectivity index is 0.000000160. The van der Waals surface area contributed by atoms with E-state index < -0.39 is 11.9 Å². The summed E-state index contributed by atoms with van der Waals surface area (Å²) in [5.74, 6) is -1.40. The highest BCUT2D eigenvalue weighted by molar-refractivity contribution is 5.89. The molecule has 2 N–H and O–H groups in total. The second kappa shape index (κ2) is 6.27. The van der Waals surface area contributed by atoms with Crippen molar-refractivity contribution in [1.82, 2.24) is 4.90 Å². The van der Waals surface area contributed by atoms with Crippen molar-refractivity contribution in [3.8, 4) is 0 Å². The third kappa shape index (κ3) is 4.93. The number of carboxylic acids is 2. The maximum atomic E-state index is 9.55. The predicted molar refractivity (Wildman–Crippen MR) is 58.2 cm³/mol. The Morgan fingerprint density at radius 2 is 1.31 bits per heavy atom. The van der Waals surface area contributed by atoms with Gasteiger partial charge in [-0.3, -0.25) is 0 Å². The van der Waals surface area contributed by atoms with Gasteiger partial charge in [0.2, 0.25) is 0 Å². The summed E-state index contributed by atoms with van der Waals surface area (Å²) in [7, 11) is 0. The average molecular weight is 227 g/mol. The van der Waals surface area contributed by atoms with Gasteiger partial charge in [-0.05, 0) is 44.8 Å². The van der Waals surface area contributed by atoms with Crippen molar-refractivity contribution >= 4 is 11.9 Å². The van der Waals surface area contributed by atoms with Crippen LogP contribution in [-0.4, -0.2) is 46.7 Å². The van der Waals surface area contributed by atoms with Gasteiger partial charge >= 0.3 is 11.9 Å². The molecule has 90 valence electrons. The molecule has 0 aromatic heterocycles. The Bertz CT molecular complexity index is 241. The van der Waals surface area contributed by atoms with Gasteiger partial charge in [0.1, 0.15) is 0 Å². The number of hydrogen-bond acceptors (Lipinski definition) is 3. The predicted octanol–water partition coefficient (Wildman–Crippen LogP) is 0.814. The van der Waals surface area contributed by atoms with E-state index in [-0.39, 0.29) is 0 Å². The fourth-order valence-electron chi connectivity index (χ4n) is 2.01. The fourth-order valence-corrected chi connectivity index (χ4v) is 2.01. The topological polar surface area (TPSA) is 77.8 Å². The van der Waals surface area contributed by atoms with Crippen molar-refractivity contribution in [3.63, 3.8) is 0 Å². The summed E-state index contributed by atoms with van der Waals surface area (Å²) < 4.78 is 0. The minimum atomic E-state index is -1.26. The highest BCUT2D eigenvalue weighted by Crippen LogP contribution is 2.26. The molecule has 5 heteroatoms. The van der Waals surface area contributed by atoms with Crippen LogP contribution >= 0.6 is 0 Å². The molecule has 5 nitrogen and oxygen atoms in total. The van der Waals surface area contributed by atoms with E-state index in [1.807, 2.05) is 0 Å².